The molecule has 0 saturated carbocycles. The van der Waals surface area contributed by atoms with Crippen LogP contribution < -0.4 is 10.6 Å². The van der Waals surface area contributed by atoms with Crippen molar-refractivity contribution in [2.75, 3.05) is 5.32 Å². The van der Waals surface area contributed by atoms with Crippen LogP contribution in [0, 0.1) is 5.92 Å². The largest absolute Gasteiger partial charge is 0.345 e. The lowest BCUT2D eigenvalue weighted by atomic mass is 9.90. The first-order chi connectivity index (χ1) is 11.0. The number of carbonyl (C=O) groups is 2. The summed E-state index contributed by atoms with van der Waals surface area (Å²) in [6.45, 7) is 6.25. The van der Waals surface area contributed by atoms with Crippen LogP contribution in [-0.2, 0) is 22.4 Å². The third kappa shape index (κ3) is 5.08. The summed E-state index contributed by atoms with van der Waals surface area (Å²) in [6.07, 6.45) is 6.28. The first-order valence-electron chi connectivity index (χ1n) is 8.70. The van der Waals surface area contributed by atoms with E-state index in [4.69, 9.17) is 0 Å². The number of rotatable bonds is 5. The first kappa shape index (κ1) is 17.5. The summed E-state index contributed by atoms with van der Waals surface area (Å²) in [5.41, 5.74) is 3.27. The lowest BCUT2D eigenvalue weighted by molar-refractivity contribution is -0.136. The van der Waals surface area contributed by atoms with Crippen LogP contribution in [0.1, 0.15) is 57.6 Å². The van der Waals surface area contributed by atoms with Gasteiger partial charge in [-0.2, -0.15) is 0 Å². The topological polar surface area (TPSA) is 58.2 Å². The Labute approximate surface area is 139 Å². The molecule has 2 rings (SSSR count). The number of benzene rings is 1. The van der Waals surface area contributed by atoms with Crippen LogP contribution in [0.15, 0.2) is 18.2 Å². The summed E-state index contributed by atoms with van der Waals surface area (Å²) in [5.74, 6) is -0.519. The highest BCUT2D eigenvalue weighted by molar-refractivity contribution is 6.39. The van der Waals surface area contributed by atoms with Gasteiger partial charge >= 0.3 is 11.8 Å². The second-order valence-electron chi connectivity index (χ2n) is 6.95. The molecule has 0 heterocycles. The van der Waals surface area contributed by atoms with Gasteiger partial charge in [-0.1, -0.05) is 26.0 Å². The Morgan fingerprint density at radius 3 is 2.52 bits per heavy atom. The predicted octanol–water partition coefficient (Wildman–Crippen LogP) is 3.44. The fraction of sp³-hybridized carbons (Fsp3) is 0.579. The molecule has 2 amide bonds. The molecule has 4 heteroatoms. The third-order valence-corrected chi connectivity index (χ3v) is 4.40. The zero-order valence-electron chi connectivity index (χ0n) is 14.4. The Balaban J connectivity index is 1.93. The quantitative estimate of drug-likeness (QED) is 0.818. The zero-order valence-corrected chi connectivity index (χ0v) is 14.4. The van der Waals surface area contributed by atoms with E-state index < -0.39 is 11.8 Å². The molecule has 0 bridgehead atoms. The van der Waals surface area contributed by atoms with Gasteiger partial charge in [-0.15, -0.1) is 0 Å². The van der Waals surface area contributed by atoms with E-state index in [9.17, 15) is 9.59 Å². The Morgan fingerprint density at radius 2 is 1.78 bits per heavy atom. The monoisotopic (exact) mass is 316 g/mol. The fourth-order valence-electron chi connectivity index (χ4n) is 3.02. The summed E-state index contributed by atoms with van der Waals surface area (Å²) in [6, 6.07) is 5.96. The summed E-state index contributed by atoms with van der Waals surface area (Å²) in [7, 11) is 0. The highest BCUT2D eigenvalue weighted by Crippen LogP contribution is 2.27. The van der Waals surface area contributed by atoms with Gasteiger partial charge in [-0.3, -0.25) is 9.59 Å². The molecular weight excluding hydrogens is 288 g/mol. The van der Waals surface area contributed by atoms with E-state index in [0.717, 1.165) is 37.8 Å². The van der Waals surface area contributed by atoms with E-state index in [2.05, 4.69) is 30.5 Å². The minimum absolute atomic E-state index is 0.0142. The minimum atomic E-state index is -0.569. The third-order valence-electron chi connectivity index (χ3n) is 4.40. The van der Waals surface area contributed by atoms with Crippen molar-refractivity contribution < 1.29 is 9.59 Å². The van der Waals surface area contributed by atoms with Crippen molar-refractivity contribution in [3.63, 3.8) is 0 Å². The maximum atomic E-state index is 12.1. The molecule has 4 nitrogen and oxygen atoms in total. The van der Waals surface area contributed by atoms with E-state index in [0.29, 0.717) is 5.92 Å². The van der Waals surface area contributed by atoms with Gasteiger partial charge in [0.25, 0.3) is 0 Å². The van der Waals surface area contributed by atoms with Crippen molar-refractivity contribution in [3.05, 3.63) is 29.3 Å². The van der Waals surface area contributed by atoms with Gasteiger partial charge in [0.05, 0.1) is 0 Å². The Bertz CT molecular complexity index is 566. The number of carbonyl (C=O) groups excluding carboxylic acids is 2. The number of nitrogens with one attached hydrogen (secondary N) is 2. The standard InChI is InChI=1S/C19H28N2O2/c1-13(2)11-12-14(3)20-18(22)19(23)21-17-10-6-8-15-7-4-5-9-16(15)17/h6,8,10,13-14H,4-5,7,9,11-12H2,1-3H3,(H,20,22)(H,21,23). The van der Waals surface area contributed by atoms with Crippen LogP contribution in [-0.4, -0.2) is 17.9 Å². The molecule has 1 aromatic carbocycles. The van der Waals surface area contributed by atoms with E-state index in [1.54, 1.807) is 0 Å². The molecule has 0 spiro atoms. The SMILES string of the molecule is CC(C)CCC(C)NC(=O)C(=O)Nc1cccc2c1CCCC2. The molecule has 2 N–H and O–H groups in total. The maximum absolute atomic E-state index is 12.1. The highest BCUT2D eigenvalue weighted by atomic mass is 16.2. The van der Waals surface area contributed by atoms with Crippen LogP contribution in [0.25, 0.3) is 0 Å². The average molecular weight is 316 g/mol. The molecule has 1 atom stereocenters. The number of anilines is 1. The Morgan fingerprint density at radius 1 is 1.04 bits per heavy atom. The van der Waals surface area contributed by atoms with Crippen molar-refractivity contribution in [1.82, 2.24) is 5.32 Å². The molecular formula is C19H28N2O2. The van der Waals surface area contributed by atoms with Crippen molar-refractivity contribution in [1.29, 1.82) is 0 Å². The van der Waals surface area contributed by atoms with E-state index >= 15 is 0 Å². The van der Waals surface area contributed by atoms with Gasteiger partial charge in [0.2, 0.25) is 0 Å². The van der Waals surface area contributed by atoms with Crippen LogP contribution in [0.5, 0.6) is 0 Å². The smallest absolute Gasteiger partial charge is 0.313 e. The predicted molar refractivity (Wildman–Crippen MR) is 93.4 cm³/mol. The fourth-order valence-corrected chi connectivity index (χ4v) is 3.02. The van der Waals surface area contributed by atoms with Crippen LogP contribution in [0.2, 0.25) is 0 Å². The number of amides is 2. The molecule has 1 unspecified atom stereocenters. The summed E-state index contributed by atoms with van der Waals surface area (Å²) in [5, 5.41) is 5.57. The molecule has 0 aromatic heterocycles. The molecule has 1 aromatic rings. The summed E-state index contributed by atoms with van der Waals surface area (Å²) < 4.78 is 0. The maximum Gasteiger partial charge on any atom is 0.313 e. The van der Waals surface area contributed by atoms with Gasteiger partial charge in [0.1, 0.15) is 0 Å². The number of fused-ring (bicyclic) bond motifs is 1. The second kappa shape index (κ2) is 8.14. The van der Waals surface area contributed by atoms with Gasteiger partial charge in [0.15, 0.2) is 0 Å². The minimum Gasteiger partial charge on any atom is -0.345 e. The lowest BCUT2D eigenvalue weighted by Crippen LogP contribution is -2.40. The molecule has 126 valence electrons. The van der Waals surface area contributed by atoms with Crippen LogP contribution in [0.3, 0.4) is 0 Å². The number of hydrogen-bond donors (Lipinski definition) is 2. The van der Waals surface area contributed by atoms with Gasteiger partial charge in [0, 0.05) is 11.7 Å². The van der Waals surface area contributed by atoms with Crippen molar-refractivity contribution in [3.8, 4) is 0 Å². The van der Waals surface area contributed by atoms with Gasteiger partial charge in [-0.05, 0) is 68.6 Å². The van der Waals surface area contributed by atoms with Crippen molar-refractivity contribution in [2.24, 2.45) is 5.92 Å². The molecule has 1 aliphatic rings. The Hall–Kier alpha value is -1.84. The lowest BCUT2D eigenvalue weighted by Gasteiger charge is -2.20. The Kier molecular flexibility index (Phi) is 6.20. The molecule has 0 aliphatic heterocycles. The molecule has 0 radical (unpaired) electrons. The van der Waals surface area contributed by atoms with E-state index in [-0.39, 0.29) is 6.04 Å². The number of hydrogen-bond acceptors (Lipinski definition) is 2. The van der Waals surface area contributed by atoms with Crippen molar-refractivity contribution >= 4 is 17.5 Å². The average Bonchev–Trinajstić information content (AvgIpc) is 2.53. The highest BCUT2D eigenvalue weighted by Gasteiger charge is 2.19. The van der Waals surface area contributed by atoms with E-state index in [1.807, 2.05) is 19.1 Å². The van der Waals surface area contributed by atoms with E-state index in [1.165, 1.54) is 17.5 Å². The summed E-state index contributed by atoms with van der Waals surface area (Å²) in [4.78, 5) is 24.2. The molecule has 23 heavy (non-hydrogen) atoms. The van der Waals surface area contributed by atoms with Crippen molar-refractivity contribution in [2.45, 2.75) is 65.3 Å². The molecule has 0 fully saturated rings. The van der Waals surface area contributed by atoms with Gasteiger partial charge < -0.3 is 10.6 Å². The zero-order chi connectivity index (χ0) is 16.8. The number of aryl methyl sites for hydroxylation is 1. The van der Waals surface area contributed by atoms with Crippen LogP contribution >= 0.6 is 0 Å². The molecule has 1 aliphatic carbocycles. The van der Waals surface area contributed by atoms with Crippen LogP contribution in [0.4, 0.5) is 5.69 Å². The second-order valence-corrected chi connectivity index (χ2v) is 6.95. The normalized spacial score (nSPS) is 15.0. The van der Waals surface area contributed by atoms with Gasteiger partial charge in [-0.25, -0.2) is 0 Å². The summed E-state index contributed by atoms with van der Waals surface area (Å²) >= 11 is 0. The molecule has 0 saturated heterocycles. The first-order valence-corrected chi connectivity index (χ1v) is 8.70.